The highest BCUT2D eigenvalue weighted by molar-refractivity contribution is 5.88. The third-order valence-corrected chi connectivity index (χ3v) is 4.22. The van der Waals surface area contributed by atoms with Crippen molar-refractivity contribution in [1.29, 1.82) is 0 Å². The van der Waals surface area contributed by atoms with Crippen molar-refractivity contribution in [2.75, 3.05) is 19.8 Å². The van der Waals surface area contributed by atoms with Crippen LogP contribution in [0.2, 0.25) is 0 Å². The van der Waals surface area contributed by atoms with Crippen molar-refractivity contribution in [2.24, 2.45) is 11.7 Å². The van der Waals surface area contributed by atoms with Crippen molar-refractivity contribution in [3.05, 3.63) is 12.2 Å². The van der Waals surface area contributed by atoms with Gasteiger partial charge in [0.2, 0.25) is 5.91 Å². The van der Waals surface area contributed by atoms with E-state index in [9.17, 15) is 4.79 Å². The van der Waals surface area contributed by atoms with Crippen LogP contribution in [0.5, 0.6) is 0 Å². The fraction of sp³-hybridized carbons (Fsp3) is 0.800. The Bertz CT molecular complexity index is 322. The van der Waals surface area contributed by atoms with Crippen LogP contribution in [0.4, 0.5) is 0 Å². The fourth-order valence-corrected chi connectivity index (χ4v) is 3.00. The average molecular weight is 266 g/mol. The van der Waals surface area contributed by atoms with Crippen LogP contribution in [-0.2, 0) is 9.53 Å². The molecule has 4 heteroatoms. The van der Waals surface area contributed by atoms with Gasteiger partial charge in [0.05, 0.1) is 0 Å². The molecule has 2 aliphatic rings. The topological polar surface area (TPSA) is 55.6 Å². The Morgan fingerprint density at radius 3 is 2.74 bits per heavy atom. The van der Waals surface area contributed by atoms with E-state index in [1.165, 1.54) is 6.42 Å². The molecule has 4 nitrogen and oxygen atoms in total. The monoisotopic (exact) mass is 266 g/mol. The normalized spacial score (nSPS) is 27.7. The summed E-state index contributed by atoms with van der Waals surface area (Å²) >= 11 is 0. The first-order valence-electron chi connectivity index (χ1n) is 7.50. The molecule has 2 saturated heterocycles. The molecule has 2 N–H and O–H groups in total. The molecule has 2 fully saturated rings. The number of carbonyl (C=O) groups excluding carboxylic acids is 1. The molecule has 0 saturated carbocycles. The molecule has 0 bridgehead atoms. The van der Waals surface area contributed by atoms with Gasteiger partial charge >= 0.3 is 0 Å². The predicted molar refractivity (Wildman–Crippen MR) is 75.7 cm³/mol. The van der Waals surface area contributed by atoms with Gasteiger partial charge in [-0.1, -0.05) is 6.08 Å². The summed E-state index contributed by atoms with van der Waals surface area (Å²) in [5.41, 5.74) is 6.00. The summed E-state index contributed by atoms with van der Waals surface area (Å²) < 4.78 is 5.33. The average Bonchev–Trinajstić information content (AvgIpc) is 2.46. The number of allylic oxidation sites excluding steroid dienone is 1. The summed E-state index contributed by atoms with van der Waals surface area (Å²) in [7, 11) is 0. The summed E-state index contributed by atoms with van der Waals surface area (Å²) in [4.78, 5) is 14.3. The molecule has 0 aromatic carbocycles. The van der Waals surface area contributed by atoms with Gasteiger partial charge in [-0.3, -0.25) is 4.79 Å². The van der Waals surface area contributed by atoms with Gasteiger partial charge in [0.15, 0.2) is 0 Å². The highest BCUT2D eigenvalue weighted by Crippen LogP contribution is 2.20. The smallest absolute Gasteiger partial charge is 0.246 e. The second kappa shape index (κ2) is 7.06. The Balaban J connectivity index is 1.91. The molecule has 0 aromatic rings. The number of rotatable bonds is 3. The SMILES string of the molecule is CC(N)C1CCCCN1C(=O)/C=C/C1CCOCC1. The molecule has 108 valence electrons. The van der Waals surface area contributed by atoms with Gasteiger partial charge < -0.3 is 15.4 Å². The first-order valence-corrected chi connectivity index (χ1v) is 7.50. The van der Waals surface area contributed by atoms with Crippen molar-refractivity contribution >= 4 is 5.91 Å². The number of nitrogens with zero attached hydrogens (tertiary/aromatic N) is 1. The highest BCUT2D eigenvalue weighted by Gasteiger charge is 2.28. The number of nitrogens with two attached hydrogens (primary N) is 1. The van der Waals surface area contributed by atoms with E-state index in [4.69, 9.17) is 10.5 Å². The van der Waals surface area contributed by atoms with E-state index in [0.717, 1.165) is 45.4 Å². The van der Waals surface area contributed by atoms with Gasteiger partial charge in [-0.25, -0.2) is 0 Å². The van der Waals surface area contributed by atoms with E-state index in [0.29, 0.717) is 5.92 Å². The lowest BCUT2D eigenvalue weighted by molar-refractivity contribution is -0.130. The van der Waals surface area contributed by atoms with Gasteiger partial charge in [-0.15, -0.1) is 0 Å². The third-order valence-electron chi connectivity index (χ3n) is 4.22. The number of likely N-dealkylation sites (tertiary alicyclic amines) is 1. The molecule has 2 atom stereocenters. The molecule has 2 heterocycles. The Morgan fingerprint density at radius 1 is 1.32 bits per heavy atom. The largest absolute Gasteiger partial charge is 0.381 e. The maximum absolute atomic E-state index is 12.3. The summed E-state index contributed by atoms with van der Waals surface area (Å²) in [5, 5.41) is 0. The zero-order chi connectivity index (χ0) is 13.7. The maximum atomic E-state index is 12.3. The van der Waals surface area contributed by atoms with Gasteiger partial charge in [-0.05, 0) is 51.0 Å². The van der Waals surface area contributed by atoms with E-state index in [-0.39, 0.29) is 18.0 Å². The van der Waals surface area contributed by atoms with E-state index in [2.05, 4.69) is 6.08 Å². The quantitative estimate of drug-likeness (QED) is 0.791. The summed E-state index contributed by atoms with van der Waals surface area (Å²) in [6.45, 7) is 4.48. The standard InChI is InChI=1S/C15H26N2O2/c1-12(16)14-4-2-3-9-17(14)15(18)6-5-13-7-10-19-11-8-13/h5-6,12-14H,2-4,7-11,16H2,1H3/b6-5+. The van der Waals surface area contributed by atoms with Crippen molar-refractivity contribution in [3.63, 3.8) is 0 Å². The highest BCUT2D eigenvalue weighted by atomic mass is 16.5. The molecule has 0 aliphatic carbocycles. The van der Waals surface area contributed by atoms with Crippen molar-refractivity contribution in [2.45, 2.75) is 51.1 Å². The lowest BCUT2D eigenvalue weighted by Crippen LogP contribution is -2.51. The number of amides is 1. The van der Waals surface area contributed by atoms with E-state index >= 15 is 0 Å². The number of hydrogen-bond acceptors (Lipinski definition) is 3. The molecule has 2 rings (SSSR count). The number of piperidine rings is 1. The molecule has 2 unspecified atom stereocenters. The Kier molecular flexibility index (Phi) is 5.40. The van der Waals surface area contributed by atoms with Crippen LogP contribution in [0.1, 0.15) is 39.0 Å². The lowest BCUT2D eigenvalue weighted by Gasteiger charge is -2.37. The number of hydrogen-bond donors (Lipinski definition) is 1. The van der Waals surface area contributed by atoms with Crippen LogP contribution in [-0.4, -0.2) is 42.6 Å². The minimum atomic E-state index is 0.0562. The van der Waals surface area contributed by atoms with E-state index in [1.807, 2.05) is 11.8 Å². The maximum Gasteiger partial charge on any atom is 0.246 e. The summed E-state index contributed by atoms with van der Waals surface area (Å²) in [6.07, 6.45) is 9.20. The zero-order valence-corrected chi connectivity index (χ0v) is 11.9. The number of carbonyl (C=O) groups is 1. The minimum absolute atomic E-state index is 0.0562. The molecule has 0 spiro atoms. The molecule has 0 aromatic heterocycles. The fourth-order valence-electron chi connectivity index (χ4n) is 3.00. The van der Waals surface area contributed by atoms with Gasteiger partial charge in [-0.2, -0.15) is 0 Å². The minimum Gasteiger partial charge on any atom is -0.381 e. The van der Waals surface area contributed by atoms with Crippen molar-refractivity contribution in [3.8, 4) is 0 Å². The van der Waals surface area contributed by atoms with Crippen LogP contribution in [0, 0.1) is 5.92 Å². The van der Waals surface area contributed by atoms with Crippen LogP contribution >= 0.6 is 0 Å². The van der Waals surface area contributed by atoms with Crippen molar-refractivity contribution in [1.82, 2.24) is 4.90 Å². The number of ether oxygens (including phenoxy) is 1. The van der Waals surface area contributed by atoms with Gasteiger partial charge in [0, 0.05) is 31.8 Å². The van der Waals surface area contributed by atoms with Gasteiger partial charge in [0.1, 0.15) is 0 Å². The second-order valence-corrected chi connectivity index (χ2v) is 5.76. The molecule has 2 aliphatic heterocycles. The molecular weight excluding hydrogens is 240 g/mol. The molecule has 19 heavy (non-hydrogen) atoms. The Morgan fingerprint density at radius 2 is 2.05 bits per heavy atom. The van der Waals surface area contributed by atoms with E-state index in [1.54, 1.807) is 6.08 Å². The zero-order valence-electron chi connectivity index (χ0n) is 11.9. The van der Waals surface area contributed by atoms with Crippen LogP contribution in [0.15, 0.2) is 12.2 Å². The molecule has 0 radical (unpaired) electrons. The molecular formula is C15H26N2O2. The Hall–Kier alpha value is -0.870. The molecule has 1 amide bonds. The lowest BCUT2D eigenvalue weighted by atomic mass is 9.96. The first-order chi connectivity index (χ1) is 9.18. The first kappa shape index (κ1) is 14.5. The summed E-state index contributed by atoms with van der Waals surface area (Å²) in [6, 6.07) is 0.265. The van der Waals surface area contributed by atoms with Gasteiger partial charge in [0.25, 0.3) is 0 Å². The van der Waals surface area contributed by atoms with Crippen LogP contribution < -0.4 is 5.73 Å². The van der Waals surface area contributed by atoms with Crippen molar-refractivity contribution < 1.29 is 9.53 Å². The second-order valence-electron chi connectivity index (χ2n) is 5.76. The third kappa shape index (κ3) is 4.05. The van der Waals surface area contributed by atoms with Crippen LogP contribution in [0.3, 0.4) is 0 Å². The predicted octanol–water partition coefficient (Wildman–Crippen LogP) is 1.70. The summed E-state index contributed by atoms with van der Waals surface area (Å²) in [5.74, 6) is 0.629. The van der Waals surface area contributed by atoms with Crippen LogP contribution in [0.25, 0.3) is 0 Å². The Labute approximate surface area is 116 Å². The van der Waals surface area contributed by atoms with E-state index < -0.39 is 0 Å².